The lowest BCUT2D eigenvalue weighted by atomic mass is 10.0. The van der Waals surface area contributed by atoms with E-state index in [4.69, 9.17) is 0 Å². The van der Waals surface area contributed by atoms with Crippen molar-refractivity contribution in [2.45, 2.75) is 87.0 Å². The third-order valence-corrected chi connectivity index (χ3v) is 4.75. The Morgan fingerprint density at radius 3 is 1.40 bits per heavy atom. The fourth-order valence-corrected chi connectivity index (χ4v) is 2.75. The topological polar surface area (TPSA) is 3.24 Å². The van der Waals surface area contributed by atoms with Crippen LogP contribution in [0.5, 0.6) is 0 Å². The van der Waals surface area contributed by atoms with Crippen LogP contribution in [0, 0.1) is 0 Å². The van der Waals surface area contributed by atoms with Gasteiger partial charge in [-0.1, -0.05) is 60.4 Å². The Kier molecular flexibility index (Phi) is 14.5. The highest BCUT2D eigenvalue weighted by Crippen LogP contribution is 2.13. The normalized spacial score (nSPS) is 13.5. The van der Waals surface area contributed by atoms with Gasteiger partial charge >= 0.3 is 0 Å². The lowest BCUT2D eigenvalue weighted by molar-refractivity contribution is 0.336. The van der Waals surface area contributed by atoms with Crippen LogP contribution in [0.3, 0.4) is 0 Å². The molecule has 0 aromatic rings. The molecular formula is C24H43N. The number of hydrogen-bond donors (Lipinski definition) is 0. The van der Waals surface area contributed by atoms with Gasteiger partial charge in [-0.3, -0.25) is 0 Å². The molecule has 0 saturated heterocycles. The van der Waals surface area contributed by atoms with E-state index in [0.29, 0.717) is 0 Å². The largest absolute Gasteiger partial charge is 0.300 e. The molecule has 144 valence electrons. The summed E-state index contributed by atoms with van der Waals surface area (Å²) in [6.07, 6.45) is 16.7. The van der Waals surface area contributed by atoms with Crippen molar-refractivity contribution >= 4 is 0 Å². The molecule has 0 aliphatic heterocycles. The van der Waals surface area contributed by atoms with Crippen LogP contribution in [0.1, 0.15) is 87.0 Å². The summed E-state index contributed by atoms with van der Waals surface area (Å²) in [5.74, 6) is 0. The van der Waals surface area contributed by atoms with E-state index in [9.17, 15) is 0 Å². The third kappa shape index (κ3) is 14.9. The van der Waals surface area contributed by atoms with Crippen molar-refractivity contribution in [3.05, 3.63) is 46.6 Å². The van der Waals surface area contributed by atoms with Crippen molar-refractivity contribution in [3.63, 3.8) is 0 Å². The summed E-state index contributed by atoms with van der Waals surface area (Å²) in [4.78, 5) is 2.46. The predicted octanol–water partition coefficient (Wildman–Crippen LogP) is 7.47. The highest BCUT2D eigenvalue weighted by atomic mass is 15.1. The summed E-state index contributed by atoms with van der Waals surface area (Å²) >= 11 is 0. The number of allylic oxidation sites excluding steroid dienone is 7. The van der Waals surface area contributed by atoms with Gasteiger partial charge in [0.1, 0.15) is 0 Å². The van der Waals surface area contributed by atoms with E-state index >= 15 is 0 Å². The summed E-state index contributed by atoms with van der Waals surface area (Å²) in [5.41, 5.74) is 6.00. The molecule has 1 heteroatoms. The SMILES string of the molecule is CCN(CC)CC=C(C)CCC=C(C)CCC=C(C)CCC=C(C)C. The molecule has 0 heterocycles. The Bertz CT molecular complexity index is 454. The molecule has 0 bridgehead atoms. The fraction of sp³-hybridized carbons (Fsp3) is 0.667. The van der Waals surface area contributed by atoms with Gasteiger partial charge in [-0.15, -0.1) is 0 Å². The lowest BCUT2D eigenvalue weighted by Gasteiger charge is -2.15. The molecule has 0 N–H and O–H groups in total. The van der Waals surface area contributed by atoms with Gasteiger partial charge in [0, 0.05) is 6.54 Å². The molecule has 0 aliphatic rings. The van der Waals surface area contributed by atoms with Gasteiger partial charge in [-0.25, -0.2) is 0 Å². The summed E-state index contributed by atoms with van der Waals surface area (Å²) < 4.78 is 0. The van der Waals surface area contributed by atoms with Crippen LogP contribution in [-0.4, -0.2) is 24.5 Å². The molecule has 0 saturated carbocycles. The second kappa shape index (κ2) is 15.2. The van der Waals surface area contributed by atoms with Crippen molar-refractivity contribution in [1.29, 1.82) is 0 Å². The smallest absolute Gasteiger partial charge is 0.0165 e. The number of rotatable bonds is 13. The second-order valence-electron chi connectivity index (χ2n) is 7.53. The molecule has 0 spiro atoms. The Balaban J connectivity index is 4.05. The maximum atomic E-state index is 2.46. The van der Waals surface area contributed by atoms with Crippen LogP contribution in [0.4, 0.5) is 0 Å². The molecule has 0 rings (SSSR count). The van der Waals surface area contributed by atoms with Crippen LogP contribution < -0.4 is 0 Å². The minimum absolute atomic E-state index is 1.10. The molecule has 0 aromatic carbocycles. The van der Waals surface area contributed by atoms with E-state index in [0.717, 1.165) is 19.6 Å². The molecule has 25 heavy (non-hydrogen) atoms. The monoisotopic (exact) mass is 345 g/mol. The summed E-state index contributed by atoms with van der Waals surface area (Å²) in [7, 11) is 0. The highest BCUT2D eigenvalue weighted by Gasteiger charge is 1.97. The maximum absolute atomic E-state index is 2.46. The molecule has 0 radical (unpaired) electrons. The first-order chi connectivity index (χ1) is 11.9. The number of nitrogens with zero attached hydrogens (tertiary/aromatic N) is 1. The molecule has 0 atom stereocenters. The summed E-state index contributed by atoms with van der Waals surface area (Å²) in [5, 5.41) is 0. The van der Waals surface area contributed by atoms with Crippen molar-refractivity contribution in [3.8, 4) is 0 Å². The highest BCUT2D eigenvalue weighted by molar-refractivity contribution is 5.07. The Morgan fingerprint density at radius 2 is 1.00 bits per heavy atom. The first-order valence-electron chi connectivity index (χ1n) is 10.2. The van der Waals surface area contributed by atoms with Gasteiger partial charge in [-0.05, 0) is 86.2 Å². The minimum Gasteiger partial charge on any atom is -0.300 e. The average Bonchev–Trinajstić information content (AvgIpc) is 2.55. The molecule has 0 aliphatic carbocycles. The van der Waals surface area contributed by atoms with Gasteiger partial charge in [0.25, 0.3) is 0 Å². The average molecular weight is 346 g/mol. The summed E-state index contributed by atoms with van der Waals surface area (Å²) in [6.45, 7) is 19.0. The summed E-state index contributed by atoms with van der Waals surface area (Å²) in [6, 6.07) is 0. The lowest BCUT2D eigenvalue weighted by Crippen LogP contribution is -2.22. The first kappa shape index (κ1) is 23.9. The van der Waals surface area contributed by atoms with Crippen LogP contribution >= 0.6 is 0 Å². The first-order valence-corrected chi connectivity index (χ1v) is 10.2. The number of hydrogen-bond acceptors (Lipinski definition) is 1. The second-order valence-corrected chi connectivity index (χ2v) is 7.53. The van der Waals surface area contributed by atoms with Gasteiger partial charge in [0.15, 0.2) is 0 Å². The quantitative estimate of drug-likeness (QED) is 0.313. The van der Waals surface area contributed by atoms with Gasteiger partial charge in [-0.2, -0.15) is 0 Å². The van der Waals surface area contributed by atoms with Gasteiger partial charge in [0.05, 0.1) is 0 Å². The zero-order valence-electron chi connectivity index (χ0n) is 18.1. The third-order valence-electron chi connectivity index (χ3n) is 4.75. The van der Waals surface area contributed by atoms with E-state index in [1.54, 1.807) is 0 Å². The maximum Gasteiger partial charge on any atom is 0.0165 e. The van der Waals surface area contributed by atoms with Crippen molar-refractivity contribution in [2.75, 3.05) is 19.6 Å². The van der Waals surface area contributed by atoms with E-state index in [1.807, 2.05) is 0 Å². The van der Waals surface area contributed by atoms with Gasteiger partial charge in [0.2, 0.25) is 0 Å². The standard InChI is InChI=1S/C24H43N/c1-8-25(9-2)20-19-24(7)18-12-17-23(6)16-11-15-22(5)14-10-13-21(3)4/h13,15,17,19H,8-12,14,16,18,20H2,1-7H3. The van der Waals surface area contributed by atoms with Crippen LogP contribution in [0.15, 0.2) is 46.6 Å². The molecule has 1 nitrogen and oxygen atoms in total. The Morgan fingerprint density at radius 1 is 0.600 bits per heavy atom. The van der Waals surface area contributed by atoms with E-state index in [1.165, 1.54) is 60.8 Å². The van der Waals surface area contributed by atoms with E-state index in [2.05, 4.69) is 77.7 Å². The van der Waals surface area contributed by atoms with Crippen molar-refractivity contribution in [2.24, 2.45) is 0 Å². The van der Waals surface area contributed by atoms with Crippen LogP contribution in [0.25, 0.3) is 0 Å². The van der Waals surface area contributed by atoms with E-state index in [-0.39, 0.29) is 0 Å². The fourth-order valence-electron chi connectivity index (χ4n) is 2.75. The molecule has 0 aromatic heterocycles. The Labute approximate surface area is 158 Å². The van der Waals surface area contributed by atoms with Crippen molar-refractivity contribution < 1.29 is 0 Å². The van der Waals surface area contributed by atoms with Crippen LogP contribution in [0.2, 0.25) is 0 Å². The molecule has 0 amide bonds. The van der Waals surface area contributed by atoms with E-state index < -0.39 is 0 Å². The zero-order chi connectivity index (χ0) is 19.1. The van der Waals surface area contributed by atoms with Crippen LogP contribution in [-0.2, 0) is 0 Å². The zero-order valence-corrected chi connectivity index (χ0v) is 18.1. The molecule has 0 unspecified atom stereocenters. The van der Waals surface area contributed by atoms with Crippen molar-refractivity contribution in [1.82, 2.24) is 4.90 Å². The molecular weight excluding hydrogens is 302 g/mol. The molecule has 0 fully saturated rings. The predicted molar refractivity (Wildman–Crippen MR) is 116 cm³/mol. The number of likely N-dealkylation sites (N-methyl/N-ethyl adjacent to an activating group) is 1. The minimum atomic E-state index is 1.10. The van der Waals surface area contributed by atoms with Gasteiger partial charge < -0.3 is 4.90 Å². The Hall–Kier alpha value is -1.08.